The number of benzene rings is 1. The fourth-order valence-electron chi connectivity index (χ4n) is 4.16. The average molecular weight is 487 g/mol. The van der Waals surface area contributed by atoms with Crippen molar-refractivity contribution in [2.45, 2.75) is 51.4 Å². The number of Topliss-reactive ketones (excluding diaryl/α,β-unsaturated/α-hetero) is 1. The Hall–Kier alpha value is -2.98. The van der Waals surface area contributed by atoms with Gasteiger partial charge in [0.1, 0.15) is 5.82 Å². The summed E-state index contributed by atoms with van der Waals surface area (Å²) in [5.74, 6) is -0.393. The molecule has 1 N–H and O–H groups in total. The quantitative estimate of drug-likeness (QED) is 0.273. The summed E-state index contributed by atoms with van der Waals surface area (Å²) in [7, 11) is 0. The average Bonchev–Trinajstić information content (AvgIpc) is 3.53. The molecule has 0 saturated carbocycles. The van der Waals surface area contributed by atoms with E-state index in [9.17, 15) is 14.0 Å². The molecule has 1 aromatic carbocycles. The first kappa shape index (κ1) is 24.2. The Morgan fingerprint density at radius 3 is 2.62 bits per heavy atom. The fourth-order valence-corrected chi connectivity index (χ4v) is 4.97. The third-order valence-electron chi connectivity index (χ3n) is 5.70. The largest absolute Gasteiger partial charge is 0.462 e. The van der Waals surface area contributed by atoms with Gasteiger partial charge in [-0.2, -0.15) is 0 Å². The molecule has 1 fully saturated rings. The van der Waals surface area contributed by atoms with Crippen LogP contribution in [0.5, 0.6) is 0 Å². The van der Waals surface area contributed by atoms with Crippen molar-refractivity contribution >= 4 is 23.5 Å². The zero-order chi connectivity index (χ0) is 24.2. The van der Waals surface area contributed by atoms with Crippen LogP contribution >= 0.6 is 11.8 Å². The Morgan fingerprint density at radius 2 is 1.94 bits per heavy atom. The Labute approximate surface area is 201 Å². The van der Waals surface area contributed by atoms with Crippen molar-refractivity contribution in [3.05, 3.63) is 52.6 Å². The monoisotopic (exact) mass is 486 g/mol. The van der Waals surface area contributed by atoms with Gasteiger partial charge in [0.15, 0.2) is 16.8 Å². The van der Waals surface area contributed by atoms with E-state index >= 15 is 0 Å². The van der Waals surface area contributed by atoms with Gasteiger partial charge in [-0.15, -0.1) is 10.2 Å². The van der Waals surface area contributed by atoms with E-state index in [1.54, 1.807) is 32.9 Å². The summed E-state index contributed by atoms with van der Waals surface area (Å²) in [5, 5.41) is 9.20. The van der Waals surface area contributed by atoms with Crippen molar-refractivity contribution in [2.24, 2.45) is 0 Å². The Balaban J connectivity index is 1.59. The molecule has 4 rings (SSSR count). The molecule has 10 heteroatoms. The minimum Gasteiger partial charge on any atom is -0.462 e. The van der Waals surface area contributed by atoms with Gasteiger partial charge in [0.2, 0.25) is 0 Å². The molecule has 0 unspecified atom stereocenters. The number of ether oxygens (including phenoxy) is 2. The first-order chi connectivity index (χ1) is 16.4. The van der Waals surface area contributed by atoms with Crippen LogP contribution in [0.15, 0.2) is 29.4 Å². The van der Waals surface area contributed by atoms with Gasteiger partial charge in [-0.1, -0.05) is 11.8 Å². The van der Waals surface area contributed by atoms with Crippen LogP contribution in [-0.4, -0.2) is 56.6 Å². The predicted molar refractivity (Wildman–Crippen MR) is 126 cm³/mol. The number of rotatable bonds is 9. The molecular weight excluding hydrogens is 459 g/mol. The third-order valence-corrected chi connectivity index (χ3v) is 6.66. The van der Waals surface area contributed by atoms with E-state index < -0.39 is 5.97 Å². The van der Waals surface area contributed by atoms with Crippen LogP contribution < -0.4 is 0 Å². The summed E-state index contributed by atoms with van der Waals surface area (Å²) in [4.78, 5) is 28.7. The SMILES string of the molecule is CCOC(=O)c1c(C)[nH]c(C)c1C(=O)CSc1nnc(-c2ccc(F)cc2)n1C[C@H]1CCCO1. The number of carbonyl (C=O) groups excluding carboxylic acids is 2. The van der Waals surface area contributed by atoms with Crippen LogP contribution in [0.4, 0.5) is 4.39 Å². The van der Waals surface area contributed by atoms with Crippen LogP contribution in [0.1, 0.15) is 51.9 Å². The molecule has 1 aliphatic heterocycles. The molecule has 0 aliphatic carbocycles. The van der Waals surface area contributed by atoms with Gasteiger partial charge >= 0.3 is 5.97 Å². The number of nitrogens with zero attached hydrogens (tertiary/aromatic N) is 3. The molecule has 1 aliphatic rings. The van der Waals surface area contributed by atoms with Gasteiger partial charge in [0, 0.05) is 23.6 Å². The van der Waals surface area contributed by atoms with Gasteiger partial charge in [-0.25, -0.2) is 9.18 Å². The fraction of sp³-hybridized carbons (Fsp3) is 0.417. The molecule has 3 heterocycles. The molecule has 0 amide bonds. The van der Waals surface area contributed by atoms with E-state index in [-0.39, 0.29) is 35.6 Å². The van der Waals surface area contributed by atoms with Crippen molar-refractivity contribution < 1.29 is 23.5 Å². The highest BCUT2D eigenvalue weighted by Gasteiger charge is 2.27. The molecule has 0 bridgehead atoms. The summed E-state index contributed by atoms with van der Waals surface area (Å²) in [5.41, 5.74) is 2.57. The molecule has 0 radical (unpaired) electrons. The molecule has 2 aromatic heterocycles. The van der Waals surface area contributed by atoms with Crippen molar-refractivity contribution in [1.29, 1.82) is 0 Å². The second kappa shape index (κ2) is 10.5. The van der Waals surface area contributed by atoms with Crippen molar-refractivity contribution in [3.63, 3.8) is 0 Å². The van der Waals surface area contributed by atoms with Crippen LogP contribution in [0.25, 0.3) is 11.4 Å². The van der Waals surface area contributed by atoms with Crippen LogP contribution in [0, 0.1) is 19.7 Å². The topological polar surface area (TPSA) is 99.1 Å². The van der Waals surface area contributed by atoms with Gasteiger partial charge in [0.25, 0.3) is 0 Å². The second-order valence-corrected chi connectivity index (χ2v) is 9.06. The molecular formula is C24H27FN4O4S. The minimum atomic E-state index is -0.516. The van der Waals surface area contributed by atoms with Crippen LogP contribution in [-0.2, 0) is 16.0 Å². The maximum absolute atomic E-state index is 13.4. The second-order valence-electron chi connectivity index (χ2n) is 8.12. The summed E-state index contributed by atoms with van der Waals surface area (Å²) < 4.78 is 26.3. The van der Waals surface area contributed by atoms with Gasteiger partial charge in [-0.3, -0.25) is 9.36 Å². The highest BCUT2D eigenvalue weighted by molar-refractivity contribution is 7.99. The molecule has 0 spiro atoms. The molecule has 1 saturated heterocycles. The van der Waals surface area contributed by atoms with Gasteiger partial charge in [-0.05, 0) is 57.9 Å². The highest BCUT2D eigenvalue weighted by atomic mass is 32.2. The first-order valence-corrected chi connectivity index (χ1v) is 12.2. The molecule has 8 nitrogen and oxygen atoms in total. The van der Waals surface area contributed by atoms with E-state index in [0.717, 1.165) is 18.4 Å². The number of nitrogens with one attached hydrogen (secondary N) is 1. The number of hydrogen-bond donors (Lipinski definition) is 1. The van der Waals surface area contributed by atoms with E-state index in [2.05, 4.69) is 15.2 Å². The zero-order valence-corrected chi connectivity index (χ0v) is 20.2. The summed E-state index contributed by atoms with van der Waals surface area (Å²) in [6.45, 7) is 6.71. The molecule has 3 aromatic rings. The number of esters is 1. The third kappa shape index (κ3) is 5.07. The number of thioether (sulfide) groups is 1. The van der Waals surface area contributed by atoms with E-state index in [0.29, 0.717) is 41.1 Å². The number of halogens is 1. The molecule has 1 atom stereocenters. The lowest BCUT2D eigenvalue weighted by Gasteiger charge is -2.14. The minimum absolute atomic E-state index is 0.0234. The van der Waals surface area contributed by atoms with Crippen LogP contribution in [0.2, 0.25) is 0 Å². The Bertz CT molecular complexity index is 1180. The summed E-state index contributed by atoms with van der Waals surface area (Å²) >= 11 is 1.25. The standard InChI is InChI=1S/C24H27FN4O4S/c1-4-32-23(31)21-15(3)26-14(2)20(21)19(30)13-34-24-28-27-22(16-7-9-17(25)10-8-16)29(24)12-18-6-5-11-33-18/h7-10,18,26H,4-6,11-13H2,1-3H3/t18-/m1/s1. The molecule has 180 valence electrons. The van der Waals surface area contributed by atoms with Crippen molar-refractivity contribution in [1.82, 2.24) is 19.7 Å². The van der Waals surface area contributed by atoms with Crippen molar-refractivity contribution in [3.8, 4) is 11.4 Å². The van der Waals surface area contributed by atoms with E-state index in [1.165, 1.54) is 23.9 Å². The Morgan fingerprint density at radius 1 is 1.21 bits per heavy atom. The zero-order valence-electron chi connectivity index (χ0n) is 19.4. The lowest BCUT2D eigenvalue weighted by Crippen LogP contribution is -2.17. The predicted octanol–water partition coefficient (Wildman–Crippen LogP) is 4.36. The Kier molecular flexibility index (Phi) is 7.47. The smallest absolute Gasteiger partial charge is 0.340 e. The number of aromatic amines is 1. The molecule has 34 heavy (non-hydrogen) atoms. The van der Waals surface area contributed by atoms with Crippen LogP contribution in [0.3, 0.4) is 0 Å². The summed E-state index contributed by atoms with van der Waals surface area (Å²) in [6, 6.07) is 6.07. The first-order valence-electron chi connectivity index (χ1n) is 11.2. The number of ketones is 1. The maximum Gasteiger partial charge on any atom is 0.340 e. The summed E-state index contributed by atoms with van der Waals surface area (Å²) in [6.07, 6.45) is 1.94. The number of aromatic nitrogens is 4. The van der Waals surface area contributed by atoms with E-state index in [1.807, 2.05) is 4.57 Å². The number of carbonyl (C=O) groups is 2. The van der Waals surface area contributed by atoms with Gasteiger partial charge < -0.3 is 14.5 Å². The number of hydrogen-bond acceptors (Lipinski definition) is 7. The normalized spacial score (nSPS) is 15.6. The van der Waals surface area contributed by atoms with Gasteiger partial charge in [0.05, 0.1) is 36.1 Å². The lowest BCUT2D eigenvalue weighted by atomic mass is 10.1. The van der Waals surface area contributed by atoms with E-state index in [4.69, 9.17) is 9.47 Å². The highest BCUT2D eigenvalue weighted by Crippen LogP contribution is 2.28. The number of H-pyrrole nitrogens is 1. The maximum atomic E-state index is 13.4. The van der Waals surface area contributed by atoms with Crippen molar-refractivity contribution in [2.75, 3.05) is 19.0 Å². The lowest BCUT2D eigenvalue weighted by molar-refractivity contribution is 0.0522. The number of aryl methyl sites for hydroxylation is 2.